The lowest BCUT2D eigenvalue weighted by Gasteiger charge is -2.25. The highest BCUT2D eigenvalue weighted by atomic mass is 16.5. The van der Waals surface area contributed by atoms with Crippen molar-refractivity contribution in [2.24, 2.45) is 7.05 Å². The van der Waals surface area contributed by atoms with E-state index in [1.54, 1.807) is 18.0 Å². The number of nitrogens with one attached hydrogen (secondary N) is 1. The Morgan fingerprint density at radius 3 is 2.54 bits per heavy atom. The predicted octanol–water partition coefficient (Wildman–Crippen LogP) is 2.34. The summed E-state index contributed by atoms with van der Waals surface area (Å²) in [6.45, 7) is 6.25. The molecule has 2 heterocycles. The number of aryl methyl sites for hydroxylation is 2. The molecule has 1 atom stereocenters. The molecule has 3 rings (SSSR count). The minimum absolute atomic E-state index is 0.142. The van der Waals surface area contributed by atoms with Gasteiger partial charge in [0, 0.05) is 26.2 Å². The van der Waals surface area contributed by atoms with E-state index in [4.69, 9.17) is 4.74 Å². The normalized spacial score (nSPS) is 15.3. The van der Waals surface area contributed by atoms with Crippen molar-refractivity contribution in [3.63, 3.8) is 0 Å². The molecule has 1 aromatic heterocycles. The monoisotopic (exact) mass is 384 g/mol. The summed E-state index contributed by atoms with van der Waals surface area (Å²) in [5.74, 6) is -0.418. The standard InChI is InChI=1S/C21H28N4O3/c1-4-5-16-6-8-17(9-7-16)15(2)22-20(26)19-14-18(23-24(19)3)21(27)25-10-12-28-13-11-25/h6-9,14-15H,4-5,10-13H2,1-3H3,(H,22,26)/t15-/m1/s1. The molecule has 1 saturated heterocycles. The number of nitrogens with zero attached hydrogens (tertiary/aromatic N) is 3. The van der Waals surface area contributed by atoms with Gasteiger partial charge in [0.2, 0.25) is 0 Å². The van der Waals surface area contributed by atoms with Gasteiger partial charge in [0.25, 0.3) is 11.8 Å². The third-order valence-electron chi connectivity index (χ3n) is 5.00. The Bertz CT molecular complexity index is 823. The van der Waals surface area contributed by atoms with E-state index in [9.17, 15) is 9.59 Å². The van der Waals surface area contributed by atoms with Crippen LogP contribution in [0.1, 0.15) is 58.4 Å². The molecule has 7 heteroatoms. The molecule has 1 N–H and O–H groups in total. The van der Waals surface area contributed by atoms with E-state index in [1.807, 2.05) is 19.1 Å². The molecule has 2 amide bonds. The van der Waals surface area contributed by atoms with Crippen LogP contribution in [-0.2, 0) is 18.2 Å². The summed E-state index contributed by atoms with van der Waals surface area (Å²) in [5.41, 5.74) is 2.99. The van der Waals surface area contributed by atoms with Gasteiger partial charge < -0.3 is 15.0 Å². The van der Waals surface area contributed by atoms with Crippen LogP contribution in [0.4, 0.5) is 0 Å². The van der Waals surface area contributed by atoms with Crippen molar-refractivity contribution in [3.8, 4) is 0 Å². The second kappa shape index (κ2) is 9.01. The maximum atomic E-state index is 12.7. The summed E-state index contributed by atoms with van der Waals surface area (Å²) in [6, 6.07) is 9.72. The van der Waals surface area contributed by atoms with E-state index >= 15 is 0 Å². The fourth-order valence-corrected chi connectivity index (χ4v) is 3.33. The van der Waals surface area contributed by atoms with Crippen molar-refractivity contribution in [1.82, 2.24) is 20.0 Å². The van der Waals surface area contributed by atoms with Gasteiger partial charge in [0.05, 0.1) is 19.3 Å². The maximum Gasteiger partial charge on any atom is 0.274 e. The van der Waals surface area contributed by atoms with Gasteiger partial charge in [-0.25, -0.2) is 0 Å². The summed E-state index contributed by atoms with van der Waals surface area (Å²) in [5, 5.41) is 7.23. The molecule has 150 valence electrons. The lowest BCUT2D eigenvalue weighted by atomic mass is 10.0. The second-order valence-electron chi connectivity index (χ2n) is 7.13. The average Bonchev–Trinajstić information content (AvgIpc) is 3.10. The number of amides is 2. The molecular weight excluding hydrogens is 356 g/mol. The molecule has 0 bridgehead atoms. The van der Waals surface area contributed by atoms with Crippen LogP contribution >= 0.6 is 0 Å². The van der Waals surface area contributed by atoms with E-state index in [2.05, 4.69) is 29.5 Å². The number of ether oxygens (including phenoxy) is 1. The third-order valence-corrected chi connectivity index (χ3v) is 5.00. The molecule has 1 aromatic carbocycles. The summed E-state index contributed by atoms with van der Waals surface area (Å²) in [4.78, 5) is 27.0. The molecule has 1 aliphatic rings. The first-order valence-electron chi connectivity index (χ1n) is 9.80. The van der Waals surface area contributed by atoms with Gasteiger partial charge in [0.1, 0.15) is 5.69 Å². The Kier molecular flexibility index (Phi) is 6.46. The zero-order chi connectivity index (χ0) is 20.1. The highest BCUT2D eigenvalue weighted by Gasteiger charge is 2.24. The Balaban J connectivity index is 1.66. The van der Waals surface area contributed by atoms with Gasteiger partial charge in [-0.1, -0.05) is 37.6 Å². The summed E-state index contributed by atoms with van der Waals surface area (Å²) in [6.07, 6.45) is 2.16. The highest BCUT2D eigenvalue weighted by molar-refractivity contribution is 5.98. The SMILES string of the molecule is CCCc1ccc([C@@H](C)NC(=O)c2cc(C(=O)N3CCOCC3)nn2C)cc1. The molecule has 0 spiro atoms. The Morgan fingerprint density at radius 2 is 1.89 bits per heavy atom. The largest absolute Gasteiger partial charge is 0.378 e. The van der Waals surface area contributed by atoms with Gasteiger partial charge >= 0.3 is 0 Å². The molecule has 0 aliphatic carbocycles. The summed E-state index contributed by atoms with van der Waals surface area (Å²) in [7, 11) is 1.68. The minimum Gasteiger partial charge on any atom is -0.378 e. The van der Waals surface area contributed by atoms with Crippen LogP contribution in [0.5, 0.6) is 0 Å². The molecule has 1 aliphatic heterocycles. The minimum atomic E-state index is -0.249. The number of carbonyl (C=O) groups is 2. The molecule has 0 unspecified atom stereocenters. The number of aromatic nitrogens is 2. The van der Waals surface area contributed by atoms with Crippen molar-refractivity contribution >= 4 is 11.8 Å². The molecule has 0 saturated carbocycles. The lowest BCUT2D eigenvalue weighted by Crippen LogP contribution is -2.40. The van der Waals surface area contributed by atoms with Crippen LogP contribution in [-0.4, -0.2) is 52.8 Å². The lowest BCUT2D eigenvalue weighted by molar-refractivity contribution is 0.0298. The van der Waals surface area contributed by atoms with Crippen LogP contribution < -0.4 is 5.32 Å². The number of hydrogen-bond donors (Lipinski definition) is 1. The third kappa shape index (κ3) is 4.59. The quantitative estimate of drug-likeness (QED) is 0.829. The predicted molar refractivity (Wildman–Crippen MR) is 106 cm³/mol. The van der Waals surface area contributed by atoms with Gasteiger partial charge in [0.15, 0.2) is 5.69 Å². The maximum absolute atomic E-state index is 12.7. The fraction of sp³-hybridized carbons (Fsp3) is 0.476. The Hall–Kier alpha value is -2.67. The fourth-order valence-electron chi connectivity index (χ4n) is 3.33. The average molecular weight is 384 g/mol. The Labute approximate surface area is 165 Å². The van der Waals surface area contributed by atoms with E-state index in [0.717, 1.165) is 18.4 Å². The smallest absolute Gasteiger partial charge is 0.274 e. The molecule has 2 aromatic rings. The van der Waals surface area contributed by atoms with Gasteiger partial charge in [-0.15, -0.1) is 0 Å². The van der Waals surface area contributed by atoms with Crippen LogP contribution in [0.3, 0.4) is 0 Å². The first-order valence-corrected chi connectivity index (χ1v) is 9.80. The number of morpholine rings is 1. The Morgan fingerprint density at radius 1 is 1.21 bits per heavy atom. The zero-order valence-corrected chi connectivity index (χ0v) is 16.8. The van der Waals surface area contributed by atoms with Crippen molar-refractivity contribution in [2.45, 2.75) is 32.7 Å². The number of hydrogen-bond acceptors (Lipinski definition) is 4. The number of carbonyl (C=O) groups excluding carboxylic acids is 2. The van der Waals surface area contributed by atoms with Gasteiger partial charge in [-0.05, 0) is 24.5 Å². The molecule has 28 heavy (non-hydrogen) atoms. The molecule has 1 fully saturated rings. The van der Waals surface area contributed by atoms with E-state index in [-0.39, 0.29) is 23.6 Å². The van der Waals surface area contributed by atoms with Crippen molar-refractivity contribution in [1.29, 1.82) is 0 Å². The second-order valence-corrected chi connectivity index (χ2v) is 7.13. The number of benzene rings is 1. The molecule has 0 radical (unpaired) electrons. The van der Waals surface area contributed by atoms with Crippen LogP contribution in [0.25, 0.3) is 0 Å². The summed E-state index contributed by atoms with van der Waals surface area (Å²) >= 11 is 0. The van der Waals surface area contributed by atoms with Crippen LogP contribution in [0, 0.1) is 0 Å². The molecular formula is C21H28N4O3. The van der Waals surface area contributed by atoms with Gasteiger partial charge in [-0.3, -0.25) is 14.3 Å². The van der Waals surface area contributed by atoms with E-state index in [1.165, 1.54) is 10.2 Å². The van der Waals surface area contributed by atoms with E-state index < -0.39 is 0 Å². The van der Waals surface area contributed by atoms with Crippen molar-refractivity contribution in [3.05, 3.63) is 52.8 Å². The van der Waals surface area contributed by atoms with Crippen molar-refractivity contribution < 1.29 is 14.3 Å². The van der Waals surface area contributed by atoms with Crippen LogP contribution in [0.2, 0.25) is 0 Å². The zero-order valence-electron chi connectivity index (χ0n) is 16.8. The molecule has 7 nitrogen and oxygen atoms in total. The highest BCUT2D eigenvalue weighted by Crippen LogP contribution is 2.16. The van der Waals surface area contributed by atoms with Crippen molar-refractivity contribution in [2.75, 3.05) is 26.3 Å². The van der Waals surface area contributed by atoms with Gasteiger partial charge in [-0.2, -0.15) is 5.10 Å². The number of rotatable bonds is 6. The first-order chi connectivity index (χ1) is 13.5. The topological polar surface area (TPSA) is 76.5 Å². The first kappa shape index (κ1) is 20.1. The summed E-state index contributed by atoms with van der Waals surface area (Å²) < 4.78 is 6.73. The van der Waals surface area contributed by atoms with Crippen LogP contribution in [0.15, 0.2) is 30.3 Å². The van der Waals surface area contributed by atoms with E-state index in [0.29, 0.717) is 32.0 Å².